The van der Waals surface area contributed by atoms with Gasteiger partial charge in [-0.2, -0.15) is 5.10 Å². The summed E-state index contributed by atoms with van der Waals surface area (Å²) in [6, 6.07) is 10.7. The normalized spacial score (nSPS) is 16.0. The van der Waals surface area contributed by atoms with Gasteiger partial charge in [0.2, 0.25) is 0 Å². The Kier molecular flexibility index (Phi) is 3.43. The number of piperidine rings is 1. The van der Waals surface area contributed by atoms with Crippen molar-refractivity contribution in [3.63, 3.8) is 0 Å². The van der Waals surface area contributed by atoms with E-state index in [1.165, 1.54) is 0 Å². The third kappa shape index (κ3) is 2.43. The molecule has 0 radical (unpaired) electrons. The van der Waals surface area contributed by atoms with Crippen LogP contribution in [0.5, 0.6) is 0 Å². The molecule has 0 bridgehead atoms. The van der Waals surface area contributed by atoms with E-state index >= 15 is 0 Å². The fourth-order valence-electron chi connectivity index (χ4n) is 3.66. The second-order valence-corrected chi connectivity index (χ2v) is 7.00. The van der Waals surface area contributed by atoms with E-state index in [9.17, 15) is 0 Å². The van der Waals surface area contributed by atoms with Gasteiger partial charge in [-0.1, -0.05) is 6.07 Å². The molecule has 26 heavy (non-hydrogen) atoms. The first-order chi connectivity index (χ1) is 12.7. The first-order valence-electron chi connectivity index (χ1n) is 8.99. The van der Waals surface area contributed by atoms with Gasteiger partial charge in [-0.15, -0.1) is 5.10 Å². The van der Waals surface area contributed by atoms with E-state index in [-0.39, 0.29) is 0 Å². The minimum atomic E-state index is 0.309. The van der Waals surface area contributed by atoms with Gasteiger partial charge < -0.3 is 10.6 Å². The maximum absolute atomic E-state index is 6.03. The van der Waals surface area contributed by atoms with Crippen molar-refractivity contribution in [3.05, 3.63) is 42.2 Å². The lowest BCUT2D eigenvalue weighted by Gasteiger charge is -2.30. The summed E-state index contributed by atoms with van der Waals surface area (Å²) in [5, 5.41) is 13.3. The second-order valence-electron chi connectivity index (χ2n) is 7.00. The Morgan fingerprint density at radius 1 is 1.15 bits per heavy atom. The van der Waals surface area contributed by atoms with Crippen LogP contribution in [0.4, 0.5) is 5.82 Å². The molecule has 1 aliphatic heterocycles. The Labute approximate surface area is 150 Å². The molecule has 0 unspecified atom stereocenters. The zero-order valence-electron chi connectivity index (χ0n) is 14.7. The zero-order valence-corrected chi connectivity index (χ0v) is 14.7. The van der Waals surface area contributed by atoms with E-state index in [0.29, 0.717) is 6.04 Å². The largest absolute Gasteiger partial charge is 0.355 e. The SMILES string of the molecule is Cc1n[nH]c2ccc(-c3cnc4ccc(N5CCC(N)CC5)nn34)cc12. The predicted molar refractivity (Wildman–Crippen MR) is 102 cm³/mol. The number of aryl methyl sites for hydroxylation is 1. The van der Waals surface area contributed by atoms with Crippen LogP contribution in [0.1, 0.15) is 18.5 Å². The number of aromatic amines is 1. The topological polar surface area (TPSA) is 88.1 Å². The maximum Gasteiger partial charge on any atom is 0.154 e. The molecule has 0 atom stereocenters. The molecule has 5 rings (SSSR count). The molecule has 0 saturated carbocycles. The van der Waals surface area contributed by atoms with Crippen molar-refractivity contribution >= 4 is 22.4 Å². The third-order valence-electron chi connectivity index (χ3n) is 5.26. The number of hydrogen-bond donors (Lipinski definition) is 2. The summed E-state index contributed by atoms with van der Waals surface area (Å²) in [5.74, 6) is 0.976. The summed E-state index contributed by atoms with van der Waals surface area (Å²) in [4.78, 5) is 6.82. The first-order valence-corrected chi connectivity index (χ1v) is 8.99. The number of imidazole rings is 1. The molecule has 7 heteroatoms. The van der Waals surface area contributed by atoms with Crippen molar-refractivity contribution in [3.8, 4) is 11.3 Å². The minimum Gasteiger partial charge on any atom is -0.355 e. The van der Waals surface area contributed by atoms with Crippen LogP contribution >= 0.6 is 0 Å². The van der Waals surface area contributed by atoms with Crippen molar-refractivity contribution in [1.29, 1.82) is 0 Å². The number of nitrogens with two attached hydrogens (primary N) is 1. The number of nitrogens with zero attached hydrogens (tertiary/aromatic N) is 5. The molecule has 1 saturated heterocycles. The molecule has 0 aliphatic carbocycles. The van der Waals surface area contributed by atoms with Crippen LogP contribution in [0, 0.1) is 6.92 Å². The Balaban J connectivity index is 1.58. The van der Waals surface area contributed by atoms with Crippen molar-refractivity contribution in [2.75, 3.05) is 18.0 Å². The van der Waals surface area contributed by atoms with Crippen molar-refractivity contribution < 1.29 is 0 Å². The van der Waals surface area contributed by atoms with Gasteiger partial charge in [0.05, 0.1) is 23.1 Å². The molecule has 4 heterocycles. The second kappa shape index (κ2) is 5.81. The number of nitrogens with one attached hydrogen (secondary N) is 1. The number of fused-ring (bicyclic) bond motifs is 2. The van der Waals surface area contributed by atoms with Gasteiger partial charge in [0.15, 0.2) is 5.65 Å². The molecule has 3 aromatic heterocycles. The molecule has 132 valence electrons. The highest BCUT2D eigenvalue weighted by molar-refractivity contribution is 5.86. The van der Waals surface area contributed by atoms with E-state index in [4.69, 9.17) is 10.8 Å². The zero-order chi connectivity index (χ0) is 17.7. The Bertz CT molecular complexity index is 1090. The lowest BCUT2D eigenvalue weighted by atomic mass is 10.1. The van der Waals surface area contributed by atoms with Gasteiger partial charge >= 0.3 is 0 Å². The Hall–Kier alpha value is -2.93. The van der Waals surface area contributed by atoms with Crippen LogP contribution in [-0.4, -0.2) is 43.9 Å². The highest BCUT2D eigenvalue weighted by Crippen LogP contribution is 2.26. The number of H-pyrrole nitrogens is 1. The van der Waals surface area contributed by atoms with Crippen LogP contribution in [0.2, 0.25) is 0 Å². The van der Waals surface area contributed by atoms with Crippen LogP contribution in [0.3, 0.4) is 0 Å². The van der Waals surface area contributed by atoms with E-state index < -0.39 is 0 Å². The fraction of sp³-hybridized carbons (Fsp3) is 0.316. The molecule has 3 N–H and O–H groups in total. The van der Waals surface area contributed by atoms with E-state index in [0.717, 1.165) is 65.3 Å². The predicted octanol–water partition coefficient (Wildman–Crippen LogP) is 2.51. The standard InChI is InChI=1S/C19H21N7/c1-12-15-10-13(2-3-16(15)23-22-12)17-11-21-18-4-5-19(24-26(17)18)25-8-6-14(20)7-9-25/h2-5,10-11,14H,6-9,20H2,1H3,(H,22,23). The van der Waals surface area contributed by atoms with Crippen molar-refractivity contribution in [1.82, 2.24) is 24.8 Å². The summed E-state index contributed by atoms with van der Waals surface area (Å²) in [6.07, 6.45) is 3.90. The molecular weight excluding hydrogens is 326 g/mol. The average Bonchev–Trinajstić information content (AvgIpc) is 3.25. The summed E-state index contributed by atoms with van der Waals surface area (Å²) >= 11 is 0. The van der Waals surface area contributed by atoms with Crippen LogP contribution in [0.25, 0.3) is 27.8 Å². The van der Waals surface area contributed by atoms with E-state index in [1.54, 1.807) is 0 Å². The number of anilines is 1. The number of aromatic nitrogens is 5. The fourth-order valence-corrected chi connectivity index (χ4v) is 3.66. The van der Waals surface area contributed by atoms with Gasteiger partial charge in [-0.05, 0) is 44.0 Å². The van der Waals surface area contributed by atoms with Crippen molar-refractivity contribution in [2.45, 2.75) is 25.8 Å². The summed E-state index contributed by atoms with van der Waals surface area (Å²) in [7, 11) is 0. The van der Waals surface area contributed by atoms with Crippen molar-refractivity contribution in [2.24, 2.45) is 5.73 Å². The third-order valence-corrected chi connectivity index (χ3v) is 5.26. The number of benzene rings is 1. The lowest BCUT2D eigenvalue weighted by Crippen LogP contribution is -2.40. The van der Waals surface area contributed by atoms with E-state index in [2.05, 4.69) is 38.3 Å². The quantitative estimate of drug-likeness (QED) is 0.582. The van der Waals surface area contributed by atoms with Crippen LogP contribution in [-0.2, 0) is 0 Å². The highest BCUT2D eigenvalue weighted by Gasteiger charge is 2.18. The van der Waals surface area contributed by atoms with Gasteiger partial charge in [0.25, 0.3) is 0 Å². The van der Waals surface area contributed by atoms with Gasteiger partial charge in [0.1, 0.15) is 5.82 Å². The summed E-state index contributed by atoms with van der Waals surface area (Å²) < 4.78 is 1.93. The van der Waals surface area contributed by atoms with Crippen LogP contribution in [0.15, 0.2) is 36.5 Å². The van der Waals surface area contributed by atoms with Gasteiger partial charge in [-0.25, -0.2) is 9.50 Å². The highest BCUT2D eigenvalue weighted by atomic mass is 15.3. The Morgan fingerprint density at radius 3 is 2.85 bits per heavy atom. The molecule has 0 spiro atoms. The minimum absolute atomic E-state index is 0.309. The first kappa shape index (κ1) is 15.3. The monoisotopic (exact) mass is 347 g/mol. The number of rotatable bonds is 2. The average molecular weight is 347 g/mol. The molecule has 1 aliphatic rings. The van der Waals surface area contributed by atoms with E-state index in [1.807, 2.05) is 29.8 Å². The Morgan fingerprint density at radius 2 is 2.00 bits per heavy atom. The maximum atomic E-state index is 6.03. The molecule has 1 aromatic carbocycles. The van der Waals surface area contributed by atoms with Crippen LogP contribution < -0.4 is 10.6 Å². The molecule has 4 aromatic rings. The molecule has 1 fully saturated rings. The van der Waals surface area contributed by atoms with Gasteiger partial charge in [-0.3, -0.25) is 5.10 Å². The number of hydrogen-bond acceptors (Lipinski definition) is 5. The smallest absolute Gasteiger partial charge is 0.154 e. The molecule has 0 amide bonds. The van der Waals surface area contributed by atoms with Gasteiger partial charge in [0, 0.05) is 30.1 Å². The molecule has 7 nitrogen and oxygen atoms in total. The molecular formula is C19H21N7. The lowest BCUT2D eigenvalue weighted by molar-refractivity contribution is 0.497. The summed E-state index contributed by atoms with van der Waals surface area (Å²) in [5.41, 5.74) is 11.0. The summed E-state index contributed by atoms with van der Waals surface area (Å²) in [6.45, 7) is 3.91.